The summed E-state index contributed by atoms with van der Waals surface area (Å²) in [5.41, 5.74) is 5.89. The zero-order valence-electron chi connectivity index (χ0n) is 13.2. The molecule has 1 atom stereocenters. The number of carbonyl (C=O) groups is 3. The number of nitriles is 1. The number of aliphatic carboxylic acids is 1. The molecule has 0 heterocycles. The summed E-state index contributed by atoms with van der Waals surface area (Å²) in [5, 5.41) is 22.6. The SMILES string of the molecule is CC(C)C(NC(=O)/C(C#N)=C\NC(=O)c1ccc(N)cc1)C(=O)O. The molecule has 126 valence electrons. The van der Waals surface area contributed by atoms with E-state index in [-0.39, 0.29) is 5.92 Å². The summed E-state index contributed by atoms with van der Waals surface area (Å²) in [7, 11) is 0. The van der Waals surface area contributed by atoms with Gasteiger partial charge in [-0.3, -0.25) is 9.59 Å². The Balaban J connectivity index is 2.81. The average Bonchev–Trinajstić information content (AvgIpc) is 2.52. The van der Waals surface area contributed by atoms with Gasteiger partial charge in [-0.2, -0.15) is 5.26 Å². The highest BCUT2D eigenvalue weighted by atomic mass is 16.4. The van der Waals surface area contributed by atoms with E-state index in [1.165, 1.54) is 24.3 Å². The standard InChI is InChI=1S/C16H18N4O4/c1-9(2)13(16(23)24)20-15(22)11(7-17)8-19-14(21)10-3-5-12(18)6-4-10/h3-6,8-9,13H,18H2,1-2H3,(H,19,21)(H,20,22)(H,23,24)/b11-8-. The summed E-state index contributed by atoms with van der Waals surface area (Å²) >= 11 is 0. The molecule has 8 heteroatoms. The molecular formula is C16H18N4O4. The lowest BCUT2D eigenvalue weighted by Crippen LogP contribution is -2.45. The van der Waals surface area contributed by atoms with E-state index in [9.17, 15) is 14.4 Å². The van der Waals surface area contributed by atoms with Gasteiger partial charge in [0.25, 0.3) is 11.8 Å². The zero-order valence-corrected chi connectivity index (χ0v) is 13.2. The average molecular weight is 330 g/mol. The molecule has 5 N–H and O–H groups in total. The van der Waals surface area contributed by atoms with E-state index in [0.717, 1.165) is 6.20 Å². The van der Waals surface area contributed by atoms with E-state index in [1.807, 2.05) is 0 Å². The predicted octanol–water partition coefficient (Wildman–Crippen LogP) is 0.631. The van der Waals surface area contributed by atoms with Gasteiger partial charge in [-0.25, -0.2) is 4.79 Å². The summed E-state index contributed by atoms with van der Waals surface area (Å²) in [4.78, 5) is 34.9. The second-order valence-corrected chi connectivity index (χ2v) is 5.30. The maximum absolute atomic E-state index is 12.0. The van der Waals surface area contributed by atoms with Crippen LogP contribution >= 0.6 is 0 Å². The van der Waals surface area contributed by atoms with Crippen LogP contribution in [0.15, 0.2) is 36.0 Å². The van der Waals surface area contributed by atoms with Crippen LogP contribution in [0.5, 0.6) is 0 Å². The number of nitrogens with one attached hydrogen (secondary N) is 2. The number of nitrogens with zero attached hydrogens (tertiary/aromatic N) is 1. The highest BCUT2D eigenvalue weighted by Crippen LogP contribution is 2.06. The molecule has 0 bridgehead atoms. The number of anilines is 1. The molecule has 0 saturated carbocycles. The molecule has 1 aromatic carbocycles. The van der Waals surface area contributed by atoms with Gasteiger partial charge in [0.05, 0.1) is 0 Å². The first-order valence-corrected chi connectivity index (χ1v) is 7.06. The molecule has 1 aromatic rings. The lowest BCUT2D eigenvalue weighted by atomic mass is 10.0. The number of hydrogen-bond donors (Lipinski definition) is 4. The van der Waals surface area contributed by atoms with Gasteiger partial charge < -0.3 is 21.5 Å². The third-order valence-electron chi connectivity index (χ3n) is 3.10. The van der Waals surface area contributed by atoms with Crippen LogP contribution in [0.25, 0.3) is 0 Å². The van der Waals surface area contributed by atoms with E-state index in [2.05, 4.69) is 10.6 Å². The number of nitrogens with two attached hydrogens (primary N) is 1. The van der Waals surface area contributed by atoms with Gasteiger partial charge in [0.15, 0.2) is 0 Å². The fraction of sp³-hybridized carbons (Fsp3) is 0.250. The molecule has 24 heavy (non-hydrogen) atoms. The third kappa shape index (κ3) is 5.14. The van der Waals surface area contributed by atoms with Crippen molar-refractivity contribution in [3.63, 3.8) is 0 Å². The van der Waals surface area contributed by atoms with E-state index >= 15 is 0 Å². The summed E-state index contributed by atoms with van der Waals surface area (Å²) in [6, 6.07) is 6.54. The van der Waals surface area contributed by atoms with E-state index in [1.54, 1.807) is 19.9 Å². The Morgan fingerprint density at radius 1 is 1.25 bits per heavy atom. The molecular weight excluding hydrogens is 312 g/mol. The Morgan fingerprint density at radius 3 is 2.29 bits per heavy atom. The number of carbonyl (C=O) groups excluding carboxylic acids is 2. The molecule has 0 radical (unpaired) electrons. The number of hydrogen-bond acceptors (Lipinski definition) is 5. The maximum atomic E-state index is 12.0. The van der Waals surface area contributed by atoms with Crippen molar-refractivity contribution in [3.05, 3.63) is 41.6 Å². The van der Waals surface area contributed by atoms with Crippen LogP contribution in [0, 0.1) is 17.2 Å². The van der Waals surface area contributed by atoms with Gasteiger partial charge in [-0.1, -0.05) is 13.8 Å². The summed E-state index contributed by atoms with van der Waals surface area (Å²) < 4.78 is 0. The van der Waals surface area contributed by atoms with Gasteiger partial charge in [-0.15, -0.1) is 0 Å². The Morgan fingerprint density at radius 2 is 1.83 bits per heavy atom. The predicted molar refractivity (Wildman–Crippen MR) is 86.4 cm³/mol. The Bertz CT molecular complexity index is 702. The Labute approximate surface area is 139 Å². The second-order valence-electron chi connectivity index (χ2n) is 5.30. The van der Waals surface area contributed by atoms with Crippen molar-refractivity contribution in [3.8, 4) is 6.07 Å². The molecule has 2 amide bonds. The van der Waals surface area contributed by atoms with Gasteiger partial charge in [0, 0.05) is 17.5 Å². The quantitative estimate of drug-likeness (QED) is 0.342. The van der Waals surface area contributed by atoms with Gasteiger partial charge in [0.2, 0.25) is 0 Å². The number of benzene rings is 1. The second kappa shape index (κ2) is 8.33. The summed E-state index contributed by atoms with van der Waals surface area (Å²) in [6.07, 6.45) is 0.938. The molecule has 0 fully saturated rings. The number of carboxylic acid groups (broad SMARTS) is 1. The Hall–Kier alpha value is -3.34. The Kier molecular flexibility index (Phi) is 6.50. The highest BCUT2D eigenvalue weighted by Gasteiger charge is 2.24. The van der Waals surface area contributed by atoms with E-state index in [0.29, 0.717) is 11.3 Å². The van der Waals surface area contributed by atoms with Crippen LogP contribution in [0.3, 0.4) is 0 Å². The van der Waals surface area contributed by atoms with Crippen molar-refractivity contribution in [1.29, 1.82) is 5.26 Å². The minimum absolute atomic E-state index is 0.295. The number of nitrogen functional groups attached to an aromatic ring is 1. The van der Waals surface area contributed by atoms with Crippen LogP contribution in [0.4, 0.5) is 5.69 Å². The van der Waals surface area contributed by atoms with E-state index < -0.39 is 29.4 Å². The first kappa shape index (κ1) is 18.7. The smallest absolute Gasteiger partial charge is 0.326 e. The molecule has 0 aromatic heterocycles. The van der Waals surface area contributed by atoms with E-state index in [4.69, 9.17) is 16.1 Å². The fourth-order valence-electron chi connectivity index (χ4n) is 1.74. The van der Waals surface area contributed by atoms with Gasteiger partial charge in [0.1, 0.15) is 17.7 Å². The minimum atomic E-state index is -1.21. The highest BCUT2D eigenvalue weighted by molar-refractivity contribution is 6.01. The summed E-state index contributed by atoms with van der Waals surface area (Å²) in [6.45, 7) is 3.25. The van der Waals surface area contributed by atoms with Crippen molar-refractivity contribution >= 4 is 23.5 Å². The lowest BCUT2D eigenvalue weighted by Gasteiger charge is -2.17. The molecule has 0 aliphatic heterocycles. The van der Waals surface area contributed by atoms with Crippen LogP contribution < -0.4 is 16.4 Å². The first-order valence-electron chi connectivity index (χ1n) is 7.06. The van der Waals surface area contributed by atoms with Crippen LogP contribution in [0.1, 0.15) is 24.2 Å². The molecule has 0 spiro atoms. The molecule has 0 aliphatic rings. The van der Waals surface area contributed by atoms with Crippen molar-refractivity contribution < 1.29 is 19.5 Å². The van der Waals surface area contributed by atoms with Crippen molar-refractivity contribution in [2.45, 2.75) is 19.9 Å². The fourth-order valence-corrected chi connectivity index (χ4v) is 1.74. The first-order chi connectivity index (χ1) is 11.3. The number of amides is 2. The third-order valence-corrected chi connectivity index (χ3v) is 3.10. The number of rotatable bonds is 6. The van der Waals surface area contributed by atoms with Crippen LogP contribution in [-0.4, -0.2) is 28.9 Å². The maximum Gasteiger partial charge on any atom is 0.326 e. The van der Waals surface area contributed by atoms with Crippen LogP contribution in [-0.2, 0) is 9.59 Å². The lowest BCUT2D eigenvalue weighted by molar-refractivity contribution is -0.142. The van der Waals surface area contributed by atoms with Crippen molar-refractivity contribution in [1.82, 2.24) is 10.6 Å². The van der Waals surface area contributed by atoms with Crippen molar-refractivity contribution in [2.75, 3.05) is 5.73 Å². The largest absolute Gasteiger partial charge is 0.480 e. The van der Waals surface area contributed by atoms with Crippen LogP contribution in [0.2, 0.25) is 0 Å². The van der Waals surface area contributed by atoms with Crippen molar-refractivity contribution in [2.24, 2.45) is 5.92 Å². The van der Waals surface area contributed by atoms with Gasteiger partial charge in [-0.05, 0) is 30.2 Å². The molecule has 1 rings (SSSR count). The molecule has 8 nitrogen and oxygen atoms in total. The molecule has 0 aliphatic carbocycles. The molecule has 1 unspecified atom stereocenters. The topological polar surface area (TPSA) is 145 Å². The molecule has 0 saturated heterocycles. The minimum Gasteiger partial charge on any atom is -0.480 e. The zero-order chi connectivity index (χ0) is 18.3. The monoisotopic (exact) mass is 330 g/mol. The number of carboxylic acids is 1. The van der Waals surface area contributed by atoms with Gasteiger partial charge >= 0.3 is 5.97 Å². The summed E-state index contributed by atoms with van der Waals surface area (Å²) in [5.74, 6) is -2.98. The normalized spacial score (nSPS) is 12.2.